The minimum Gasteiger partial charge on any atom is -1.00 e. The molecule has 0 spiro atoms. The average molecular weight is 268 g/mol. The minimum absolute atomic E-state index is 0. The van der Waals surface area contributed by atoms with Crippen molar-refractivity contribution in [1.82, 2.24) is 0 Å². The van der Waals surface area contributed by atoms with E-state index in [0.717, 1.165) is 0 Å². The van der Waals surface area contributed by atoms with Crippen LogP contribution in [0.2, 0.25) is 0 Å². The van der Waals surface area contributed by atoms with Crippen LogP contribution in [0, 0.1) is 0 Å². The van der Waals surface area contributed by atoms with Crippen molar-refractivity contribution in [3.05, 3.63) is 0 Å². The summed E-state index contributed by atoms with van der Waals surface area (Å²) in [6.45, 7) is 0. The van der Waals surface area contributed by atoms with Gasteiger partial charge in [-0.1, -0.05) is 0 Å². The summed E-state index contributed by atoms with van der Waals surface area (Å²) >= 11 is 0. The molecule has 1 atom stereocenters. The van der Waals surface area contributed by atoms with Gasteiger partial charge in [0.2, 0.25) is 0 Å². The largest absolute Gasteiger partial charge is 2.00 e. The maximum atomic E-state index is 0. The van der Waals surface area contributed by atoms with Crippen molar-refractivity contribution in [1.29, 1.82) is 0 Å². The van der Waals surface area contributed by atoms with E-state index in [1.807, 2.05) is 0 Å². The van der Waals surface area contributed by atoms with Crippen LogP contribution in [-0.4, -0.2) is 23.1 Å². The van der Waals surface area contributed by atoms with Gasteiger partial charge >= 0.3 is 23.1 Å². The van der Waals surface area contributed by atoms with Gasteiger partial charge in [0.15, 0.2) is 0 Å². The van der Waals surface area contributed by atoms with Crippen molar-refractivity contribution in [2.75, 3.05) is 0 Å². The molecule has 0 aromatic heterocycles. The second-order valence-corrected chi connectivity index (χ2v) is 0. The predicted molar refractivity (Wildman–Crippen MR) is 19.1 cm³/mol. The normalized spacial score (nSPS) is 0. The first kappa shape index (κ1) is 42.3. The molecule has 0 saturated heterocycles. The zero-order valence-corrected chi connectivity index (χ0v) is 9.96. The van der Waals surface area contributed by atoms with Crippen molar-refractivity contribution in [2.24, 2.45) is 0 Å². The molecular weight excluding hydrogens is 263 g/mol. The van der Waals surface area contributed by atoms with E-state index in [-0.39, 0.29) is 95.7 Å². The maximum Gasteiger partial charge on any atom is 2.00 e. The summed E-state index contributed by atoms with van der Waals surface area (Å²) in [5.74, 6) is 0. The van der Waals surface area contributed by atoms with E-state index in [2.05, 4.69) is 0 Å². The molecule has 0 nitrogen and oxygen atoms in total. The Morgan fingerprint density at radius 3 is 1.20 bits per heavy atom. The molecule has 0 bridgehead atoms. The molecule has 0 fully saturated rings. The summed E-state index contributed by atoms with van der Waals surface area (Å²) in [7, 11) is 0. The van der Waals surface area contributed by atoms with E-state index < -0.39 is 0 Å². The Kier molecular flexibility index (Phi) is 232. The Labute approximate surface area is 94.3 Å². The molecule has 5 heavy (non-hydrogen) atoms. The first-order valence-corrected chi connectivity index (χ1v) is 0. The number of hydrogen-bond donors (Lipinski definition) is 0. The van der Waals surface area contributed by atoms with E-state index in [9.17, 15) is 0 Å². The monoisotopic (exact) mass is 269 g/mol. The molecule has 1 unspecified atom stereocenters. The van der Waals surface area contributed by atoms with Crippen LogP contribution in [0.4, 0.5) is 0 Å². The molecule has 0 N–H and O–H groups in total. The van der Waals surface area contributed by atoms with Crippen LogP contribution in [0.1, 0.15) is 2.85 Å². The van der Waals surface area contributed by atoms with Crippen LogP contribution in [0.5, 0.6) is 0 Å². The van der Waals surface area contributed by atoms with E-state index in [1.54, 1.807) is 0 Å². The van der Waals surface area contributed by atoms with E-state index in [0.29, 0.717) is 0 Å². The topological polar surface area (TPSA) is 0 Å². The van der Waals surface area contributed by atoms with Crippen LogP contribution in [0.15, 0.2) is 0 Å². The molecule has 0 aliphatic heterocycles. The first-order chi connectivity index (χ1) is 0. The Bertz CT molecular complexity index is 17.7. The van der Waals surface area contributed by atoms with E-state index in [1.165, 1.54) is 0 Å². The standard InChI is InChI=1S/Cu.Mg.Mo.H3P.Ti.2H/h;;;1H3;;;/q;+2;;;;2*-1. The summed E-state index contributed by atoms with van der Waals surface area (Å²) in [4.78, 5) is 0. The van der Waals surface area contributed by atoms with Gasteiger partial charge in [-0.3, -0.25) is 0 Å². The molecule has 33 valence electrons. The molecule has 5 heteroatoms. The number of hydrogen-bond acceptors (Lipinski definition) is 0. The fraction of sp³-hybridized carbons (Fsp3) is 0. The van der Waals surface area contributed by atoms with Crippen molar-refractivity contribution in [3.8, 4) is 0 Å². The summed E-state index contributed by atoms with van der Waals surface area (Å²) in [6.07, 6.45) is 0. The van der Waals surface area contributed by atoms with Crippen LogP contribution in [0.25, 0.3) is 0 Å². The van der Waals surface area contributed by atoms with Gasteiger partial charge in [-0.15, -0.1) is 0 Å². The van der Waals surface area contributed by atoms with E-state index >= 15 is 0 Å². The summed E-state index contributed by atoms with van der Waals surface area (Å²) in [5, 5.41) is 0. The molecule has 0 saturated carbocycles. The fourth-order valence-electron chi connectivity index (χ4n) is 0. The Hall–Kier alpha value is 3.12. The third-order valence-corrected chi connectivity index (χ3v) is 0. The molecule has 0 aromatic carbocycles. The van der Waals surface area contributed by atoms with Crippen LogP contribution >= 0.6 is 9.90 Å². The first-order valence-electron chi connectivity index (χ1n) is 0. The van der Waals surface area contributed by atoms with Crippen molar-refractivity contribution < 1.29 is 62.7 Å². The number of rotatable bonds is 0. The SMILES string of the molecule is P.[Cu].[H-].[H-].[Mg+2].[Mo].[Ti]. The molecule has 0 aromatic rings. The fourth-order valence-corrected chi connectivity index (χ4v) is 0. The van der Waals surface area contributed by atoms with Crippen LogP contribution in [0.3, 0.4) is 0 Å². The minimum atomic E-state index is 0. The van der Waals surface area contributed by atoms with Gasteiger partial charge in [-0.2, -0.15) is 9.90 Å². The van der Waals surface area contributed by atoms with Gasteiger partial charge in [0.1, 0.15) is 0 Å². The van der Waals surface area contributed by atoms with Gasteiger partial charge in [0.25, 0.3) is 0 Å². The maximum absolute atomic E-state index is 0. The molecule has 1 radical (unpaired) electrons. The van der Waals surface area contributed by atoms with Crippen molar-refractivity contribution in [2.45, 2.75) is 0 Å². The molecule has 0 amide bonds. The van der Waals surface area contributed by atoms with Crippen LogP contribution < -0.4 is 0 Å². The molecule has 0 rings (SSSR count). The van der Waals surface area contributed by atoms with Gasteiger partial charge < -0.3 is 2.85 Å². The zero-order chi connectivity index (χ0) is 0. The van der Waals surface area contributed by atoms with Gasteiger partial charge in [0, 0.05) is 59.9 Å². The van der Waals surface area contributed by atoms with Gasteiger partial charge in [0.05, 0.1) is 0 Å². The quantitative estimate of drug-likeness (QED) is 0.425. The van der Waals surface area contributed by atoms with Crippen molar-refractivity contribution >= 4 is 33.0 Å². The van der Waals surface area contributed by atoms with E-state index in [4.69, 9.17) is 0 Å². The Balaban J connectivity index is 0. The zero-order valence-electron chi connectivity index (χ0n) is 4.62. The third kappa shape index (κ3) is 19.2. The smallest absolute Gasteiger partial charge is 1.00 e. The molecule has 0 aliphatic rings. The third-order valence-electron chi connectivity index (χ3n) is 0. The predicted octanol–water partition coefficient (Wildman–Crippen LogP) is -0.105. The summed E-state index contributed by atoms with van der Waals surface area (Å²) in [6, 6.07) is 0. The molecule has 0 aliphatic carbocycles. The molecule has 0 heterocycles. The van der Waals surface area contributed by atoms with Gasteiger partial charge in [-0.25, -0.2) is 0 Å². The van der Waals surface area contributed by atoms with Crippen LogP contribution in [-0.2, 0) is 59.9 Å². The second-order valence-electron chi connectivity index (χ2n) is 0. The van der Waals surface area contributed by atoms with Gasteiger partial charge in [-0.05, 0) is 0 Å². The Morgan fingerprint density at radius 1 is 1.20 bits per heavy atom. The Morgan fingerprint density at radius 2 is 1.20 bits per heavy atom. The average Bonchev–Trinajstić information content (AvgIpc) is 0. The summed E-state index contributed by atoms with van der Waals surface area (Å²) in [5.41, 5.74) is 0. The summed E-state index contributed by atoms with van der Waals surface area (Å²) < 4.78 is 0. The van der Waals surface area contributed by atoms with Crippen molar-refractivity contribution in [3.63, 3.8) is 0 Å². The second kappa shape index (κ2) is 27.4. The molecular formula is H5CuMgMoPTi.